The van der Waals surface area contributed by atoms with Gasteiger partial charge in [-0.25, -0.2) is 0 Å². The van der Waals surface area contributed by atoms with Gasteiger partial charge in [-0.3, -0.25) is 0 Å². The number of hydrogen-bond acceptors (Lipinski definition) is 3. The molecule has 1 fully saturated rings. The van der Waals surface area contributed by atoms with Crippen molar-refractivity contribution < 1.29 is 9.84 Å². The van der Waals surface area contributed by atoms with Crippen LogP contribution >= 0.6 is 11.6 Å². The molecule has 1 unspecified atom stereocenters. The predicted octanol–water partition coefficient (Wildman–Crippen LogP) is 3.09. The number of para-hydroxylation sites is 1. The molecule has 4 heteroatoms. The summed E-state index contributed by atoms with van der Waals surface area (Å²) >= 11 is 5.88. The van der Waals surface area contributed by atoms with E-state index in [2.05, 4.69) is 19.2 Å². The highest BCUT2D eigenvalue weighted by molar-refractivity contribution is 6.32. The summed E-state index contributed by atoms with van der Waals surface area (Å²) in [6.45, 7) is 5.63. The lowest BCUT2D eigenvalue weighted by Gasteiger charge is -2.36. The van der Waals surface area contributed by atoms with Gasteiger partial charge in [0.1, 0.15) is 5.75 Å². The van der Waals surface area contributed by atoms with Crippen LogP contribution in [0.25, 0.3) is 0 Å². The first-order valence-corrected chi connectivity index (χ1v) is 6.69. The van der Waals surface area contributed by atoms with E-state index in [9.17, 15) is 5.11 Å². The van der Waals surface area contributed by atoms with Crippen LogP contribution in [0.1, 0.15) is 32.3 Å². The Hall–Kier alpha value is -0.770. The molecule has 1 aliphatic heterocycles. The van der Waals surface area contributed by atoms with E-state index in [4.69, 9.17) is 16.3 Å². The van der Waals surface area contributed by atoms with Crippen molar-refractivity contribution in [1.82, 2.24) is 5.32 Å². The van der Waals surface area contributed by atoms with Crippen molar-refractivity contribution in [2.24, 2.45) is 0 Å². The zero-order valence-electron chi connectivity index (χ0n) is 10.9. The zero-order chi connectivity index (χ0) is 13.2. The van der Waals surface area contributed by atoms with Crippen molar-refractivity contribution in [2.75, 3.05) is 6.61 Å². The molecule has 2 rings (SSSR count). The molecule has 1 aliphatic rings. The van der Waals surface area contributed by atoms with E-state index in [-0.39, 0.29) is 11.4 Å². The lowest BCUT2D eigenvalue weighted by Crippen LogP contribution is -2.43. The molecule has 0 aromatic heterocycles. The normalized spacial score (nSPS) is 22.9. The van der Waals surface area contributed by atoms with Gasteiger partial charge in [-0.15, -0.1) is 0 Å². The minimum absolute atomic E-state index is 0.0632. The Morgan fingerprint density at radius 3 is 3.00 bits per heavy atom. The SMILES string of the molecule is CC1(C)CC(NCc2cccc(Cl)c2O)CCO1. The summed E-state index contributed by atoms with van der Waals surface area (Å²) in [6.07, 6.45) is 1.99. The van der Waals surface area contributed by atoms with Crippen LogP contribution in [-0.4, -0.2) is 23.4 Å². The number of aromatic hydroxyl groups is 1. The summed E-state index contributed by atoms with van der Waals surface area (Å²) in [5.41, 5.74) is 0.776. The Bertz CT molecular complexity index is 420. The fourth-order valence-corrected chi connectivity index (χ4v) is 2.56. The summed E-state index contributed by atoms with van der Waals surface area (Å²) in [4.78, 5) is 0. The largest absolute Gasteiger partial charge is 0.506 e. The third kappa shape index (κ3) is 3.37. The molecule has 100 valence electrons. The Morgan fingerprint density at radius 1 is 1.50 bits per heavy atom. The first kappa shape index (κ1) is 13.7. The molecular weight excluding hydrogens is 250 g/mol. The molecule has 1 aromatic rings. The summed E-state index contributed by atoms with van der Waals surface area (Å²) in [7, 11) is 0. The van der Waals surface area contributed by atoms with Gasteiger partial charge < -0.3 is 15.2 Å². The topological polar surface area (TPSA) is 41.5 Å². The zero-order valence-corrected chi connectivity index (χ0v) is 11.6. The van der Waals surface area contributed by atoms with E-state index in [0.717, 1.165) is 25.0 Å². The van der Waals surface area contributed by atoms with Gasteiger partial charge >= 0.3 is 0 Å². The Kier molecular flexibility index (Phi) is 4.15. The molecule has 0 aliphatic carbocycles. The van der Waals surface area contributed by atoms with Gasteiger partial charge in [0.15, 0.2) is 0 Å². The quantitative estimate of drug-likeness (QED) is 0.886. The van der Waals surface area contributed by atoms with E-state index in [1.165, 1.54) is 0 Å². The van der Waals surface area contributed by atoms with Gasteiger partial charge in [-0.2, -0.15) is 0 Å². The average molecular weight is 270 g/mol. The standard InChI is InChI=1S/C14H20ClNO2/c1-14(2)8-11(6-7-18-14)16-9-10-4-3-5-12(15)13(10)17/h3-5,11,16-17H,6-9H2,1-2H3. The molecule has 1 heterocycles. The van der Waals surface area contributed by atoms with Crippen molar-refractivity contribution >= 4 is 11.6 Å². The summed E-state index contributed by atoms with van der Waals surface area (Å²) in [5.74, 6) is 0.179. The first-order valence-electron chi connectivity index (χ1n) is 6.32. The molecule has 1 aromatic carbocycles. The van der Waals surface area contributed by atoms with Crippen LogP contribution in [0.4, 0.5) is 0 Å². The third-order valence-corrected chi connectivity index (χ3v) is 3.65. The van der Waals surface area contributed by atoms with E-state index >= 15 is 0 Å². The van der Waals surface area contributed by atoms with Gasteiger partial charge in [0.2, 0.25) is 0 Å². The summed E-state index contributed by atoms with van der Waals surface area (Å²) < 4.78 is 5.68. The second kappa shape index (κ2) is 5.47. The highest BCUT2D eigenvalue weighted by Crippen LogP contribution is 2.28. The van der Waals surface area contributed by atoms with E-state index in [1.54, 1.807) is 6.07 Å². The van der Waals surface area contributed by atoms with Crippen molar-refractivity contribution in [2.45, 2.75) is 44.9 Å². The number of halogens is 1. The van der Waals surface area contributed by atoms with Crippen LogP contribution in [0.5, 0.6) is 5.75 Å². The maximum atomic E-state index is 9.83. The van der Waals surface area contributed by atoms with Gasteiger partial charge in [-0.1, -0.05) is 23.7 Å². The number of phenolic OH excluding ortho intramolecular Hbond substituents is 1. The van der Waals surface area contributed by atoms with Crippen LogP contribution in [0.3, 0.4) is 0 Å². The fourth-order valence-electron chi connectivity index (χ4n) is 2.36. The van der Waals surface area contributed by atoms with E-state index < -0.39 is 0 Å². The van der Waals surface area contributed by atoms with Gasteiger partial charge in [-0.05, 0) is 32.8 Å². The van der Waals surface area contributed by atoms with Crippen molar-refractivity contribution in [3.8, 4) is 5.75 Å². The van der Waals surface area contributed by atoms with Crippen molar-refractivity contribution in [3.05, 3.63) is 28.8 Å². The highest BCUT2D eigenvalue weighted by atomic mass is 35.5. The summed E-state index contributed by atoms with van der Waals surface area (Å²) in [5, 5.41) is 13.7. The molecule has 3 nitrogen and oxygen atoms in total. The molecular formula is C14H20ClNO2. The maximum absolute atomic E-state index is 9.83. The van der Waals surface area contributed by atoms with Gasteiger partial charge in [0.25, 0.3) is 0 Å². The molecule has 1 atom stereocenters. The van der Waals surface area contributed by atoms with Crippen molar-refractivity contribution in [3.63, 3.8) is 0 Å². The van der Waals surface area contributed by atoms with Crippen LogP contribution < -0.4 is 5.32 Å². The van der Waals surface area contributed by atoms with Crippen molar-refractivity contribution in [1.29, 1.82) is 0 Å². The van der Waals surface area contributed by atoms with Gasteiger partial charge in [0, 0.05) is 24.8 Å². The second-order valence-electron chi connectivity index (χ2n) is 5.43. The van der Waals surface area contributed by atoms with Crippen LogP contribution in [-0.2, 0) is 11.3 Å². The average Bonchev–Trinajstić information content (AvgIpc) is 2.30. The number of phenols is 1. The monoisotopic (exact) mass is 269 g/mol. The molecule has 1 saturated heterocycles. The van der Waals surface area contributed by atoms with Crippen LogP contribution in [0.15, 0.2) is 18.2 Å². The number of benzene rings is 1. The first-order chi connectivity index (χ1) is 8.48. The minimum Gasteiger partial charge on any atom is -0.506 e. The Balaban J connectivity index is 1.93. The predicted molar refractivity (Wildman–Crippen MR) is 73.0 cm³/mol. The number of ether oxygens (including phenoxy) is 1. The maximum Gasteiger partial charge on any atom is 0.138 e. The highest BCUT2D eigenvalue weighted by Gasteiger charge is 2.28. The molecule has 18 heavy (non-hydrogen) atoms. The molecule has 0 bridgehead atoms. The second-order valence-corrected chi connectivity index (χ2v) is 5.83. The molecule has 0 saturated carbocycles. The molecule has 2 N–H and O–H groups in total. The minimum atomic E-state index is -0.0632. The molecule has 0 spiro atoms. The van der Waals surface area contributed by atoms with E-state index in [1.807, 2.05) is 12.1 Å². The Morgan fingerprint density at radius 2 is 2.28 bits per heavy atom. The lowest BCUT2D eigenvalue weighted by atomic mass is 9.94. The Labute approximate surface area is 113 Å². The smallest absolute Gasteiger partial charge is 0.138 e. The van der Waals surface area contributed by atoms with Gasteiger partial charge in [0.05, 0.1) is 10.6 Å². The van der Waals surface area contributed by atoms with E-state index in [0.29, 0.717) is 17.6 Å². The van der Waals surface area contributed by atoms with Crippen LogP contribution in [0, 0.1) is 0 Å². The molecule has 0 radical (unpaired) electrons. The third-order valence-electron chi connectivity index (χ3n) is 3.35. The lowest BCUT2D eigenvalue weighted by molar-refractivity contribution is -0.0630. The summed E-state index contributed by atoms with van der Waals surface area (Å²) in [6, 6.07) is 5.86. The number of nitrogens with one attached hydrogen (secondary N) is 1. The van der Waals surface area contributed by atoms with Crippen LogP contribution in [0.2, 0.25) is 5.02 Å². The molecule has 0 amide bonds. The fraction of sp³-hybridized carbons (Fsp3) is 0.571. The number of rotatable bonds is 3. The number of hydrogen-bond donors (Lipinski definition) is 2.